The van der Waals surface area contributed by atoms with Crippen molar-refractivity contribution in [3.8, 4) is 6.07 Å². The summed E-state index contributed by atoms with van der Waals surface area (Å²) < 4.78 is 0. The molecule has 0 saturated heterocycles. The second-order valence-corrected chi connectivity index (χ2v) is 6.35. The molecule has 0 unspecified atom stereocenters. The Morgan fingerprint density at radius 3 is 2.47 bits per heavy atom. The molecule has 2 aliphatic rings. The Balaban J connectivity index is 1.70. The molecule has 0 radical (unpaired) electrons. The van der Waals surface area contributed by atoms with Crippen molar-refractivity contribution < 1.29 is 4.79 Å². The van der Waals surface area contributed by atoms with Crippen LogP contribution < -0.4 is 0 Å². The van der Waals surface area contributed by atoms with E-state index in [2.05, 4.69) is 6.07 Å². The summed E-state index contributed by atoms with van der Waals surface area (Å²) in [7, 11) is 1.81. The highest BCUT2D eigenvalue weighted by Crippen LogP contribution is 2.36. The second-order valence-electron chi connectivity index (χ2n) is 6.35. The molecule has 0 heterocycles. The van der Waals surface area contributed by atoms with E-state index in [1.54, 1.807) is 4.90 Å². The number of hydrogen-bond donors (Lipinski definition) is 0. The third-order valence-electron chi connectivity index (χ3n) is 5.13. The molecular formula is C16H26N2O. The van der Waals surface area contributed by atoms with Crippen LogP contribution in [0.25, 0.3) is 0 Å². The quantitative estimate of drug-likeness (QED) is 0.759. The molecule has 2 fully saturated rings. The number of amides is 1. The lowest BCUT2D eigenvalue weighted by Gasteiger charge is -2.43. The number of nitriles is 1. The molecule has 2 rings (SSSR count). The Labute approximate surface area is 117 Å². The van der Waals surface area contributed by atoms with Gasteiger partial charge in [-0.15, -0.1) is 0 Å². The van der Waals surface area contributed by atoms with Crippen molar-refractivity contribution in [2.45, 2.75) is 76.2 Å². The summed E-state index contributed by atoms with van der Waals surface area (Å²) in [5, 5.41) is 9.24. The van der Waals surface area contributed by atoms with Crippen molar-refractivity contribution in [3.63, 3.8) is 0 Å². The number of rotatable bonds is 5. The summed E-state index contributed by atoms with van der Waals surface area (Å²) >= 11 is 0. The minimum absolute atomic E-state index is 0.164. The van der Waals surface area contributed by atoms with Gasteiger partial charge < -0.3 is 4.90 Å². The third kappa shape index (κ3) is 3.29. The van der Waals surface area contributed by atoms with Crippen LogP contribution in [0.1, 0.15) is 70.6 Å². The number of carbonyl (C=O) groups is 1. The van der Waals surface area contributed by atoms with Gasteiger partial charge in [0.15, 0.2) is 0 Å². The van der Waals surface area contributed by atoms with Crippen LogP contribution in [0.5, 0.6) is 0 Å². The largest absolute Gasteiger partial charge is 0.327 e. The Morgan fingerprint density at radius 2 is 1.95 bits per heavy atom. The molecule has 1 amide bonds. The molecule has 3 heteroatoms. The van der Waals surface area contributed by atoms with Crippen LogP contribution in [0, 0.1) is 17.2 Å². The van der Waals surface area contributed by atoms with Crippen molar-refractivity contribution >= 4 is 5.91 Å². The van der Waals surface area contributed by atoms with Gasteiger partial charge in [-0.3, -0.25) is 4.79 Å². The standard InChI is InChI=1S/C16H26N2O/c1-18(16(13-17)11-6-12-16)15(19)10-5-9-14-7-3-2-4-8-14/h14H,2-12H2,1H3. The number of nitrogens with zero attached hydrogens (tertiary/aromatic N) is 2. The Kier molecular flexibility index (Phi) is 4.85. The van der Waals surface area contributed by atoms with Gasteiger partial charge in [0.25, 0.3) is 0 Å². The summed E-state index contributed by atoms with van der Waals surface area (Å²) in [5.74, 6) is 1.01. The lowest BCUT2D eigenvalue weighted by Crippen LogP contribution is -2.53. The molecule has 19 heavy (non-hydrogen) atoms. The summed E-state index contributed by atoms with van der Waals surface area (Å²) in [6.45, 7) is 0. The summed E-state index contributed by atoms with van der Waals surface area (Å²) in [4.78, 5) is 13.9. The van der Waals surface area contributed by atoms with E-state index in [9.17, 15) is 10.1 Å². The van der Waals surface area contributed by atoms with Crippen LogP contribution in [0.3, 0.4) is 0 Å². The van der Waals surface area contributed by atoms with E-state index < -0.39 is 5.54 Å². The van der Waals surface area contributed by atoms with Crippen molar-refractivity contribution in [2.75, 3.05) is 7.05 Å². The molecule has 0 aromatic rings. The van der Waals surface area contributed by atoms with Gasteiger partial charge in [-0.25, -0.2) is 0 Å². The average Bonchev–Trinajstić information content (AvgIpc) is 2.39. The Hall–Kier alpha value is -1.04. The minimum Gasteiger partial charge on any atom is -0.327 e. The average molecular weight is 262 g/mol. The minimum atomic E-state index is -0.470. The first-order chi connectivity index (χ1) is 9.18. The van der Waals surface area contributed by atoms with Gasteiger partial charge in [-0.1, -0.05) is 32.1 Å². The highest BCUT2D eigenvalue weighted by molar-refractivity contribution is 5.77. The van der Waals surface area contributed by atoms with E-state index in [-0.39, 0.29) is 5.91 Å². The maximum absolute atomic E-state index is 12.2. The highest BCUT2D eigenvalue weighted by Gasteiger charge is 2.43. The van der Waals surface area contributed by atoms with Gasteiger partial charge in [-0.2, -0.15) is 5.26 Å². The van der Waals surface area contributed by atoms with E-state index in [1.807, 2.05) is 7.05 Å². The smallest absolute Gasteiger partial charge is 0.223 e. The van der Waals surface area contributed by atoms with Gasteiger partial charge in [0.05, 0.1) is 6.07 Å². The lowest BCUT2D eigenvalue weighted by atomic mass is 9.76. The van der Waals surface area contributed by atoms with Gasteiger partial charge >= 0.3 is 0 Å². The van der Waals surface area contributed by atoms with Gasteiger partial charge in [0, 0.05) is 13.5 Å². The topological polar surface area (TPSA) is 44.1 Å². The Morgan fingerprint density at radius 1 is 1.26 bits per heavy atom. The summed E-state index contributed by atoms with van der Waals surface area (Å²) in [5.41, 5.74) is -0.470. The van der Waals surface area contributed by atoms with E-state index in [0.717, 1.165) is 31.6 Å². The molecule has 0 spiro atoms. The van der Waals surface area contributed by atoms with Crippen molar-refractivity contribution in [1.82, 2.24) is 4.90 Å². The van der Waals surface area contributed by atoms with Crippen LogP contribution in [-0.4, -0.2) is 23.4 Å². The van der Waals surface area contributed by atoms with E-state index >= 15 is 0 Å². The van der Waals surface area contributed by atoms with Crippen molar-refractivity contribution in [3.05, 3.63) is 0 Å². The van der Waals surface area contributed by atoms with Crippen molar-refractivity contribution in [2.24, 2.45) is 5.92 Å². The predicted molar refractivity (Wildman–Crippen MR) is 75.4 cm³/mol. The molecule has 0 bridgehead atoms. The molecule has 106 valence electrons. The molecule has 0 atom stereocenters. The normalized spacial score (nSPS) is 22.3. The van der Waals surface area contributed by atoms with E-state index in [0.29, 0.717) is 6.42 Å². The van der Waals surface area contributed by atoms with Crippen LogP contribution in [0.2, 0.25) is 0 Å². The SMILES string of the molecule is CN(C(=O)CCCC1CCCCC1)C1(C#N)CCC1. The molecular weight excluding hydrogens is 236 g/mol. The molecule has 2 aliphatic carbocycles. The van der Waals surface area contributed by atoms with Crippen LogP contribution in [-0.2, 0) is 4.79 Å². The van der Waals surface area contributed by atoms with Crippen LogP contribution >= 0.6 is 0 Å². The van der Waals surface area contributed by atoms with Gasteiger partial charge in [-0.05, 0) is 38.0 Å². The Bertz CT molecular complexity index is 348. The monoisotopic (exact) mass is 262 g/mol. The first-order valence-corrected chi connectivity index (χ1v) is 7.86. The maximum atomic E-state index is 12.2. The second kappa shape index (κ2) is 6.41. The first-order valence-electron chi connectivity index (χ1n) is 7.86. The molecule has 0 N–H and O–H groups in total. The van der Waals surface area contributed by atoms with Gasteiger partial charge in [0.2, 0.25) is 5.91 Å². The fraction of sp³-hybridized carbons (Fsp3) is 0.875. The third-order valence-corrected chi connectivity index (χ3v) is 5.13. The van der Waals surface area contributed by atoms with Crippen LogP contribution in [0.15, 0.2) is 0 Å². The zero-order valence-corrected chi connectivity index (χ0v) is 12.2. The predicted octanol–water partition coefficient (Wildman–Crippen LogP) is 3.64. The van der Waals surface area contributed by atoms with Gasteiger partial charge in [0.1, 0.15) is 5.54 Å². The molecule has 0 aliphatic heterocycles. The van der Waals surface area contributed by atoms with E-state index in [4.69, 9.17) is 0 Å². The summed E-state index contributed by atoms with van der Waals surface area (Å²) in [6, 6.07) is 2.34. The lowest BCUT2D eigenvalue weighted by molar-refractivity contribution is -0.136. The number of carbonyl (C=O) groups excluding carboxylic acids is 1. The highest BCUT2D eigenvalue weighted by atomic mass is 16.2. The molecule has 3 nitrogen and oxygen atoms in total. The van der Waals surface area contributed by atoms with E-state index in [1.165, 1.54) is 38.5 Å². The first kappa shape index (κ1) is 14.4. The molecule has 2 saturated carbocycles. The zero-order valence-electron chi connectivity index (χ0n) is 12.2. The fourth-order valence-corrected chi connectivity index (χ4v) is 3.46. The fourth-order valence-electron chi connectivity index (χ4n) is 3.46. The molecule has 0 aromatic heterocycles. The van der Waals surface area contributed by atoms with Crippen molar-refractivity contribution in [1.29, 1.82) is 5.26 Å². The van der Waals surface area contributed by atoms with Crippen LogP contribution in [0.4, 0.5) is 0 Å². The summed E-state index contributed by atoms with van der Waals surface area (Å²) in [6.07, 6.45) is 12.4. The molecule has 0 aromatic carbocycles. The number of hydrogen-bond acceptors (Lipinski definition) is 2. The zero-order chi connectivity index (χ0) is 13.7. The maximum Gasteiger partial charge on any atom is 0.223 e.